The normalized spacial score (nSPS) is 17.3. The van der Waals surface area contributed by atoms with Crippen LogP contribution < -0.4 is 5.32 Å². The van der Waals surface area contributed by atoms with E-state index in [1.807, 2.05) is 0 Å². The zero-order valence-corrected chi connectivity index (χ0v) is 18.1. The van der Waals surface area contributed by atoms with Crippen molar-refractivity contribution in [2.45, 2.75) is 24.7 Å². The third-order valence-corrected chi connectivity index (χ3v) is 7.00. The van der Waals surface area contributed by atoms with Crippen LogP contribution in [-0.2, 0) is 19.6 Å². The van der Waals surface area contributed by atoms with Gasteiger partial charge in [0.1, 0.15) is 0 Å². The van der Waals surface area contributed by atoms with Crippen LogP contribution in [0.1, 0.15) is 30.1 Å². The summed E-state index contributed by atoms with van der Waals surface area (Å²) < 4.78 is 32.0. The lowest BCUT2D eigenvalue weighted by molar-refractivity contribution is -0.120. The number of sulfonamides is 1. The number of hydrogen-bond acceptors (Lipinski definition) is 5. The lowest BCUT2D eigenvalue weighted by Gasteiger charge is -2.31. The predicted octanol–water partition coefficient (Wildman–Crippen LogP) is 3.56. The van der Waals surface area contributed by atoms with Crippen LogP contribution in [0.5, 0.6) is 0 Å². The summed E-state index contributed by atoms with van der Waals surface area (Å²) in [6.45, 7) is 2.49. The Balaban J connectivity index is 1.65. The van der Waals surface area contributed by atoms with Gasteiger partial charge in [0.2, 0.25) is 15.9 Å². The maximum Gasteiger partial charge on any atom is 0.338 e. The largest absolute Gasteiger partial charge is 0.462 e. The molecule has 1 saturated heterocycles. The Labute approximate surface area is 181 Å². The Bertz CT molecular complexity index is 1010. The number of nitrogens with one attached hydrogen (secondary N) is 1. The molecular weight excluding hydrogens is 428 g/mol. The first-order chi connectivity index (χ1) is 14.3. The molecule has 30 heavy (non-hydrogen) atoms. The van der Waals surface area contributed by atoms with E-state index >= 15 is 0 Å². The van der Waals surface area contributed by atoms with Crippen LogP contribution in [0, 0.1) is 5.92 Å². The molecular formula is C21H23ClN2O5S. The van der Waals surface area contributed by atoms with E-state index in [4.69, 9.17) is 16.3 Å². The molecule has 0 spiro atoms. The Morgan fingerprint density at radius 2 is 1.80 bits per heavy atom. The van der Waals surface area contributed by atoms with E-state index in [9.17, 15) is 18.0 Å². The van der Waals surface area contributed by atoms with Gasteiger partial charge in [0.15, 0.2) is 0 Å². The Morgan fingerprint density at radius 1 is 1.13 bits per heavy atom. The number of piperidine rings is 1. The van der Waals surface area contributed by atoms with Gasteiger partial charge in [0.05, 0.1) is 23.0 Å². The van der Waals surface area contributed by atoms with Gasteiger partial charge < -0.3 is 10.1 Å². The van der Waals surface area contributed by atoms with Crippen molar-refractivity contribution in [3.63, 3.8) is 0 Å². The molecule has 1 aliphatic rings. The van der Waals surface area contributed by atoms with E-state index in [0.29, 0.717) is 35.7 Å². The van der Waals surface area contributed by atoms with Crippen molar-refractivity contribution < 1.29 is 22.7 Å². The third kappa shape index (κ3) is 5.19. The van der Waals surface area contributed by atoms with Crippen molar-refractivity contribution in [1.82, 2.24) is 4.31 Å². The van der Waals surface area contributed by atoms with Gasteiger partial charge >= 0.3 is 5.97 Å². The summed E-state index contributed by atoms with van der Waals surface area (Å²) in [5.41, 5.74) is 0.929. The molecule has 1 aliphatic heterocycles. The fraction of sp³-hybridized carbons (Fsp3) is 0.333. The van der Waals surface area contributed by atoms with Gasteiger partial charge in [-0.15, -0.1) is 0 Å². The average molecular weight is 451 g/mol. The van der Waals surface area contributed by atoms with Gasteiger partial charge in [0.25, 0.3) is 0 Å². The molecule has 0 radical (unpaired) electrons. The van der Waals surface area contributed by atoms with Crippen LogP contribution in [0.15, 0.2) is 53.4 Å². The van der Waals surface area contributed by atoms with Gasteiger partial charge in [-0.3, -0.25) is 4.79 Å². The van der Waals surface area contributed by atoms with Crippen LogP contribution >= 0.6 is 11.6 Å². The van der Waals surface area contributed by atoms with E-state index in [0.717, 1.165) is 0 Å². The van der Waals surface area contributed by atoms with Crippen molar-refractivity contribution in [1.29, 1.82) is 0 Å². The highest BCUT2D eigenvalue weighted by molar-refractivity contribution is 7.89. The van der Waals surface area contributed by atoms with Crippen LogP contribution in [0.3, 0.4) is 0 Å². The maximum absolute atomic E-state index is 12.9. The number of esters is 1. The van der Waals surface area contributed by atoms with Gasteiger partial charge in [-0.05, 0) is 68.3 Å². The van der Waals surface area contributed by atoms with E-state index < -0.39 is 21.9 Å². The number of hydrogen-bond donors (Lipinski definition) is 1. The number of ether oxygens (including phenoxy) is 1. The summed E-state index contributed by atoms with van der Waals surface area (Å²) in [6, 6.07) is 12.4. The summed E-state index contributed by atoms with van der Waals surface area (Å²) in [4.78, 5) is 24.6. The van der Waals surface area contributed by atoms with Crippen LogP contribution in [0.4, 0.5) is 5.69 Å². The standard InChI is InChI=1S/C21H23ClN2O5S/c1-2-29-21(26)15-5-9-18(10-6-15)23-20(25)16-4-3-13-24(14-16)30(27,28)19-11-7-17(22)8-12-19/h5-12,16H,2-4,13-14H2,1H3,(H,23,25)/t16-/m1/s1. The number of anilines is 1. The molecule has 1 fully saturated rings. The zero-order valence-electron chi connectivity index (χ0n) is 16.5. The predicted molar refractivity (Wildman–Crippen MR) is 114 cm³/mol. The summed E-state index contributed by atoms with van der Waals surface area (Å²) in [7, 11) is -3.70. The first kappa shape index (κ1) is 22.3. The highest BCUT2D eigenvalue weighted by atomic mass is 35.5. The molecule has 3 rings (SSSR count). The molecule has 2 aromatic carbocycles. The molecule has 9 heteroatoms. The van der Waals surface area contributed by atoms with Crippen LogP contribution in [-0.4, -0.2) is 44.3 Å². The first-order valence-corrected chi connectivity index (χ1v) is 11.5. The minimum absolute atomic E-state index is 0.109. The molecule has 7 nitrogen and oxygen atoms in total. The molecule has 1 amide bonds. The minimum Gasteiger partial charge on any atom is -0.462 e. The molecule has 1 heterocycles. The average Bonchev–Trinajstić information content (AvgIpc) is 2.75. The molecule has 1 N–H and O–H groups in total. The van der Waals surface area contributed by atoms with Gasteiger partial charge in [0, 0.05) is 23.8 Å². The molecule has 0 aliphatic carbocycles. The lowest BCUT2D eigenvalue weighted by atomic mass is 9.98. The van der Waals surface area contributed by atoms with E-state index in [2.05, 4.69) is 5.32 Å². The topological polar surface area (TPSA) is 92.8 Å². The Hall–Kier alpha value is -2.42. The molecule has 0 unspecified atom stereocenters. The van der Waals surface area contributed by atoms with Crippen molar-refractivity contribution in [2.24, 2.45) is 5.92 Å². The lowest BCUT2D eigenvalue weighted by Crippen LogP contribution is -2.43. The highest BCUT2D eigenvalue weighted by Crippen LogP contribution is 2.25. The highest BCUT2D eigenvalue weighted by Gasteiger charge is 2.33. The number of carbonyl (C=O) groups is 2. The van der Waals surface area contributed by atoms with Gasteiger partial charge in [-0.1, -0.05) is 11.6 Å². The fourth-order valence-electron chi connectivity index (χ4n) is 3.28. The van der Waals surface area contributed by atoms with Crippen molar-refractivity contribution >= 4 is 39.2 Å². The number of rotatable bonds is 6. The SMILES string of the molecule is CCOC(=O)c1ccc(NC(=O)[C@@H]2CCCN(S(=O)(=O)c3ccc(Cl)cc3)C2)cc1. The monoisotopic (exact) mass is 450 g/mol. The van der Waals surface area contributed by atoms with Crippen LogP contribution in [0.2, 0.25) is 5.02 Å². The van der Waals surface area contributed by atoms with E-state index in [-0.39, 0.29) is 24.0 Å². The van der Waals surface area contributed by atoms with Crippen molar-refractivity contribution in [2.75, 3.05) is 25.0 Å². The number of amides is 1. The smallest absolute Gasteiger partial charge is 0.338 e. The molecule has 0 saturated carbocycles. The Morgan fingerprint density at radius 3 is 2.43 bits per heavy atom. The molecule has 1 atom stereocenters. The van der Waals surface area contributed by atoms with Crippen molar-refractivity contribution in [3.8, 4) is 0 Å². The second-order valence-corrected chi connectivity index (χ2v) is 9.32. The summed E-state index contributed by atoms with van der Waals surface area (Å²) in [5, 5.41) is 3.26. The molecule has 2 aromatic rings. The molecule has 0 bridgehead atoms. The second-order valence-electron chi connectivity index (χ2n) is 6.94. The maximum atomic E-state index is 12.9. The summed E-state index contributed by atoms with van der Waals surface area (Å²) in [6.07, 6.45) is 1.19. The summed E-state index contributed by atoms with van der Waals surface area (Å²) in [5.74, 6) is -1.15. The van der Waals surface area contributed by atoms with Gasteiger partial charge in [-0.25, -0.2) is 13.2 Å². The summed E-state index contributed by atoms with van der Waals surface area (Å²) >= 11 is 5.84. The van der Waals surface area contributed by atoms with Gasteiger partial charge in [-0.2, -0.15) is 4.31 Å². The minimum atomic E-state index is -3.70. The van der Waals surface area contributed by atoms with E-state index in [1.165, 1.54) is 28.6 Å². The number of carbonyl (C=O) groups excluding carboxylic acids is 2. The van der Waals surface area contributed by atoms with E-state index in [1.54, 1.807) is 31.2 Å². The molecule has 160 valence electrons. The third-order valence-electron chi connectivity index (χ3n) is 4.87. The van der Waals surface area contributed by atoms with Crippen molar-refractivity contribution in [3.05, 3.63) is 59.1 Å². The number of benzene rings is 2. The first-order valence-electron chi connectivity index (χ1n) is 9.65. The quantitative estimate of drug-likeness (QED) is 0.679. The number of nitrogens with zero attached hydrogens (tertiary/aromatic N) is 1. The number of halogens is 1. The van der Waals surface area contributed by atoms with Crippen LogP contribution in [0.25, 0.3) is 0 Å². The molecule has 0 aromatic heterocycles. The second kappa shape index (κ2) is 9.59. The fourth-order valence-corrected chi connectivity index (χ4v) is 4.93. The Kier molecular flexibility index (Phi) is 7.12. The zero-order chi connectivity index (χ0) is 21.7.